The zero-order valence-electron chi connectivity index (χ0n) is 7.67. The van der Waals surface area contributed by atoms with Crippen molar-refractivity contribution in [1.82, 2.24) is 4.90 Å². The highest BCUT2D eigenvalue weighted by atomic mass is 16.3. The van der Waals surface area contributed by atoms with Crippen LogP contribution < -0.4 is 5.73 Å². The zero-order valence-corrected chi connectivity index (χ0v) is 7.67. The van der Waals surface area contributed by atoms with Gasteiger partial charge in [0.1, 0.15) is 5.84 Å². The molecule has 1 aliphatic rings. The molecule has 0 aromatic rings. The van der Waals surface area contributed by atoms with Crippen molar-refractivity contribution in [1.29, 1.82) is 5.41 Å². The number of β-amino-alcohol motifs (C(OH)–C–C–N with tert-alkyl or cyclic N) is 1. The van der Waals surface area contributed by atoms with E-state index >= 15 is 0 Å². The van der Waals surface area contributed by atoms with Crippen molar-refractivity contribution in [2.45, 2.75) is 31.9 Å². The van der Waals surface area contributed by atoms with Gasteiger partial charge in [-0.15, -0.1) is 0 Å². The molecule has 4 nitrogen and oxygen atoms in total. The van der Waals surface area contributed by atoms with E-state index in [0.717, 1.165) is 13.0 Å². The molecule has 0 radical (unpaired) electrons. The van der Waals surface area contributed by atoms with Crippen LogP contribution in [0.5, 0.6) is 0 Å². The summed E-state index contributed by atoms with van der Waals surface area (Å²) in [6.45, 7) is 5.16. The second-order valence-corrected chi connectivity index (χ2v) is 3.85. The van der Waals surface area contributed by atoms with E-state index in [9.17, 15) is 5.11 Å². The Bertz CT molecular complexity index is 191. The first-order chi connectivity index (χ1) is 5.42. The highest BCUT2D eigenvalue weighted by Crippen LogP contribution is 2.21. The van der Waals surface area contributed by atoms with Crippen molar-refractivity contribution < 1.29 is 5.11 Å². The third-order valence-electron chi connectivity index (χ3n) is 2.48. The summed E-state index contributed by atoms with van der Waals surface area (Å²) < 4.78 is 0. The average molecular weight is 171 g/mol. The van der Waals surface area contributed by atoms with E-state index in [4.69, 9.17) is 11.1 Å². The minimum atomic E-state index is -0.594. The Morgan fingerprint density at radius 1 is 1.75 bits per heavy atom. The molecule has 1 rings (SSSR count). The zero-order chi connectivity index (χ0) is 9.35. The van der Waals surface area contributed by atoms with Gasteiger partial charge in [0, 0.05) is 13.1 Å². The maximum Gasteiger partial charge on any atom is 0.108 e. The van der Waals surface area contributed by atoms with Crippen LogP contribution in [0.4, 0.5) is 0 Å². The molecule has 4 N–H and O–H groups in total. The van der Waals surface area contributed by atoms with Crippen LogP contribution in [0.25, 0.3) is 0 Å². The minimum Gasteiger partial charge on any atom is -0.389 e. The van der Waals surface area contributed by atoms with Crippen molar-refractivity contribution in [3.8, 4) is 0 Å². The lowest BCUT2D eigenvalue weighted by molar-refractivity contribution is 0.0670. The quantitative estimate of drug-likeness (QED) is 0.397. The largest absolute Gasteiger partial charge is 0.389 e. The second kappa shape index (κ2) is 3.03. The molecule has 1 fully saturated rings. The first-order valence-corrected chi connectivity index (χ1v) is 4.23. The molecule has 0 amide bonds. The van der Waals surface area contributed by atoms with Crippen LogP contribution in [-0.4, -0.2) is 40.6 Å². The van der Waals surface area contributed by atoms with Gasteiger partial charge >= 0.3 is 0 Å². The Labute approximate surface area is 72.9 Å². The maximum absolute atomic E-state index is 9.64. The normalized spacial score (nSPS) is 33.6. The maximum atomic E-state index is 9.64. The van der Waals surface area contributed by atoms with Crippen LogP contribution in [0.15, 0.2) is 0 Å². The van der Waals surface area contributed by atoms with E-state index in [2.05, 4.69) is 0 Å². The fourth-order valence-corrected chi connectivity index (χ4v) is 1.51. The van der Waals surface area contributed by atoms with Crippen LogP contribution in [0.2, 0.25) is 0 Å². The Balaban J connectivity index is 2.52. The number of hydrogen-bond acceptors (Lipinski definition) is 3. The number of nitrogens with two attached hydrogens (primary N) is 1. The van der Waals surface area contributed by atoms with Gasteiger partial charge in [0.05, 0.1) is 11.6 Å². The molecule has 2 unspecified atom stereocenters. The topological polar surface area (TPSA) is 73.3 Å². The van der Waals surface area contributed by atoms with Gasteiger partial charge in [0.15, 0.2) is 0 Å². The van der Waals surface area contributed by atoms with E-state index < -0.39 is 5.60 Å². The number of nitrogens with zero attached hydrogens (tertiary/aromatic N) is 1. The summed E-state index contributed by atoms with van der Waals surface area (Å²) in [5.41, 5.74) is 4.77. The van der Waals surface area contributed by atoms with Crippen LogP contribution in [0.3, 0.4) is 0 Å². The van der Waals surface area contributed by atoms with E-state index in [-0.39, 0.29) is 11.9 Å². The SMILES string of the molecule is CC(C(=N)N)N1CCC(C)(O)C1. The van der Waals surface area contributed by atoms with Crippen molar-refractivity contribution >= 4 is 5.84 Å². The summed E-state index contributed by atoms with van der Waals surface area (Å²) in [6, 6.07) is -0.0426. The summed E-state index contributed by atoms with van der Waals surface area (Å²) in [5.74, 6) is 0.174. The molecule has 0 aliphatic carbocycles. The molecule has 0 aromatic heterocycles. The van der Waals surface area contributed by atoms with Gasteiger partial charge in [-0.25, -0.2) is 0 Å². The predicted molar refractivity (Wildman–Crippen MR) is 48.2 cm³/mol. The van der Waals surface area contributed by atoms with Gasteiger partial charge in [-0.05, 0) is 20.3 Å². The van der Waals surface area contributed by atoms with Crippen molar-refractivity contribution in [2.75, 3.05) is 13.1 Å². The molecule has 0 spiro atoms. The van der Waals surface area contributed by atoms with Gasteiger partial charge < -0.3 is 10.8 Å². The van der Waals surface area contributed by atoms with Crippen molar-refractivity contribution in [2.24, 2.45) is 5.73 Å². The fourth-order valence-electron chi connectivity index (χ4n) is 1.51. The predicted octanol–water partition coefficient (Wildman–Crippen LogP) is -0.232. The van der Waals surface area contributed by atoms with Gasteiger partial charge in [-0.1, -0.05) is 0 Å². The number of hydrogen-bond donors (Lipinski definition) is 3. The Morgan fingerprint density at radius 2 is 2.33 bits per heavy atom. The molecule has 0 aromatic carbocycles. The Kier molecular flexibility index (Phi) is 2.39. The lowest BCUT2D eigenvalue weighted by Crippen LogP contribution is -2.42. The van der Waals surface area contributed by atoms with Gasteiger partial charge in [0.25, 0.3) is 0 Å². The first kappa shape index (κ1) is 9.48. The molecule has 1 heterocycles. The molecule has 1 saturated heterocycles. The monoisotopic (exact) mass is 171 g/mol. The summed E-state index contributed by atoms with van der Waals surface area (Å²) >= 11 is 0. The summed E-state index contributed by atoms with van der Waals surface area (Å²) in [4.78, 5) is 2.03. The van der Waals surface area contributed by atoms with Gasteiger partial charge in [-0.3, -0.25) is 10.3 Å². The molecular formula is C8H17N3O. The summed E-state index contributed by atoms with van der Waals surface area (Å²) in [7, 11) is 0. The highest BCUT2D eigenvalue weighted by molar-refractivity contribution is 5.82. The molecule has 12 heavy (non-hydrogen) atoms. The standard InChI is InChI=1S/C8H17N3O/c1-6(7(9)10)11-4-3-8(2,12)5-11/h6,12H,3-5H2,1-2H3,(H3,9,10). The number of nitrogens with one attached hydrogen (secondary N) is 1. The third kappa shape index (κ3) is 1.95. The van der Waals surface area contributed by atoms with E-state index in [1.807, 2.05) is 18.7 Å². The van der Waals surface area contributed by atoms with Crippen LogP contribution in [-0.2, 0) is 0 Å². The van der Waals surface area contributed by atoms with Crippen molar-refractivity contribution in [3.63, 3.8) is 0 Å². The Morgan fingerprint density at radius 3 is 2.67 bits per heavy atom. The van der Waals surface area contributed by atoms with E-state index in [0.29, 0.717) is 6.54 Å². The first-order valence-electron chi connectivity index (χ1n) is 4.23. The van der Waals surface area contributed by atoms with Gasteiger partial charge in [0.2, 0.25) is 0 Å². The van der Waals surface area contributed by atoms with Gasteiger partial charge in [-0.2, -0.15) is 0 Å². The van der Waals surface area contributed by atoms with Crippen LogP contribution in [0, 0.1) is 5.41 Å². The molecule has 2 atom stereocenters. The number of aliphatic hydroxyl groups is 1. The Hall–Kier alpha value is -0.610. The smallest absolute Gasteiger partial charge is 0.108 e. The lowest BCUT2D eigenvalue weighted by atomic mass is 10.1. The average Bonchev–Trinajstić information content (AvgIpc) is 2.28. The lowest BCUT2D eigenvalue weighted by Gasteiger charge is -2.24. The number of rotatable bonds is 2. The molecule has 1 aliphatic heterocycles. The summed E-state index contributed by atoms with van der Waals surface area (Å²) in [5, 5.41) is 16.9. The van der Waals surface area contributed by atoms with Crippen LogP contribution in [0.1, 0.15) is 20.3 Å². The van der Waals surface area contributed by atoms with E-state index in [1.165, 1.54) is 0 Å². The number of likely N-dealkylation sites (tertiary alicyclic amines) is 1. The molecule has 70 valence electrons. The van der Waals surface area contributed by atoms with Crippen LogP contribution >= 0.6 is 0 Å². The number of amidine groups is 1. The molecular weight excluding hydrogens is 154 g/mol. The molecule has 0 bridgehead atoms. The third-order valence-corrected chi connectivity index (χ3v) is 2.48. The van der Waals surface area contributed by atoms with Crippen molar-refractivity contribution in [3.05, 3.63) is 0 Å². The molecule has 0 saturated carbocycles. The fraction of sp³-hybridized carbons (Fsp3) is 0.875. The molecule has 4 heteroatoms. The second-order valence-electron chi connectivity index (χ2n) is 3.85. The van der Waals surface area contributed by atoms with E-state index in [1.54, 1.807) is 0 Å². The minimum absolute atomic E-state index is 0.0426. The summed E-state index contributed by atoms with van der Waals surface area (Å²) in [6.07, 6.45) is 0.768. The highest BCUT2D eigenvalue weighted by Gasteiger charge is 2.34.